The fraction of sp³-hybridized carbons (Fsp3) is 0. The van der Waals surface area contributed by atoms with Crippen LogP contribution in [0, 0.1) is 0 Å². The van der Waals surface area contributed by atoms with E-state index in [1.54, 1.807) is 0 Å². The van der Waals surface area contributed by atoms with E-state index in [1.807, 2.05) is 0 Å². The second-order valence-electron chi connectivity index (χ2n) is 0.513. The minimum absolute atomic E-state index is 0. The van der Waals surface area contributed by atoms with Gasteiger partial charge < -0.3 is 41.7 Å². The van der Waals surface area contributed by atoms with Gasteiger partial charge in [0.1, 0.15) is 0 Å². The smallest absolute Gasteiger partial charge is 0.813 e. The fourth-order valence-corrected chi connectivity index (χ4v) is 0. The van der Waals surface area contributed by atoms with Crippen LogP contribution < -0.4 is 0 Å². The number of hydrogen-bond acceptors (Lipinski definition) is 3. The minimum Gasteiger partial charge on any atom is -0.813 e. The second-order valence-corrected chi connectivity index (χ2v) is 1.54. The third-order valence-electron chi connectivity index (χ3n) is 0. The first-order valence-corrected chi connectivity index (χ1v) is 2.35. The van der Waals surface area contributed by atoms with Crippen molar-refractivity contribution in [2.24, 2.45) is 0 Å². The van der Waals surface area contributed by atoms with Crippen molar-refractivity contribution in [3.63, 3.8) is 0 Å². The summed E-state index contributed by atoms with van der Waals surface area (Å²) in [5.74, 6) is 0. The summed E-state index contributed by atoms with van der Waals surface area (Å²) < 4.78 is 8.88. The maximum Gasteiger partial charge on any atom is 2.00 e. The van der Waals surface area contributed by atoms with Crippen molar-refractivity contribution in [1.29, 1.82) is 0 Å². The van der Waals surface area contributed by atoms with E-state index < -0.39 is 7.82 Å². The second kappa shape index (κ2) is 8.43. The van der Waals surface area contributed by atoms with E-state index in [4.69, 9.17) is 19.2 Å². The van der Waals surface area contributed by atoms with Crippen molar-refractivity contribution in [2.75, 3.05) is 0 Å². The molecule has 0 aromatic rings. The Morgan fingerprint density at radius 3 is 1.00 bits per heavy atom. The van der Waals surface area contributed by atoms with Crippen LogP contribution in [-0.2, 0) is 51.0 Å². The summed E-state index contributed by atoms with van der Waals surface area (Å²) in [4.78, 5) is 21.6. The Morgan fingerprint density at radius 2 is 1.00 bits per heavy atom. The summed E-state index contributed by atoms with van der Waals surface area (Å²) in [6.45, 7) is 0. The normalized spacial score (nSPS) is 7.38. The van der Waals surface area contributed by atoms with Gasteiger partial charge in [0.05, 0.1) is 0 Å². The Kier molecular flexibility index (Phi) is 24.0. The minimum atomic E-state index is -4.64. The Bertz CT molecular complexity index is 60.2. The molecular formula is H5O4PS2Zn. The van der Waals surface area contributed by atoms with E-state index in [2.05, 4.69) is 0 Å². The van der Waals surface area contributed by atoms with E-state index >= 15 is 0 Å². The van der Waals surface area contributed by atoms with Crippen LogP contribution in [0.5, 0.6) is 0 Å². The topological polar surface area (TPSA) is 77.8 Å². The monoisotopic (exact) mass is 228 g/mol. The van der Waals surface area contributed by atoms with Gasteiger partial charge >= 0.3 is 27.3 Å². The number of hydrogen-bond donors (Lipinski definition) is 3. The average molecular weight is 230 g/mol. The molecule has 0 aliphatic heterocycles. The van der Waals surface area contributed by atoms with Crippen molar-refractivity contribution in [1.82, 2.24) is 0 Å². The van der Waals surface area contributed by atoms with Crippen molar-refractivity contribution in [2.45, 2.75) is 0 Å². The maximum atomic E-state index is 8.88. The van der Waals surface area contributed by atoms with Crippen LogP contribution >= 0.6 is 7.82 Å². The average Bonchev–Trinajstić information content (AvgIpc) is 0.722. The van der Waals surface area contributed by atoms with Crippen LogP contribution in [0.25, 0.3) is 0 Å². The molecule has 0 fully saturated rings. The predicted octanol–water partition coefficient (Wildman–Crippen LogP) is -1.47. The van der Waals surface area contributed by atoms with Gasteiger partial charge in [0.2, 0.25) is 0 Å². The Morgan fingerprint density at radius 1 is 1.00 bits per heavy atom. The molecular weight excluding hydrogens is 224 g/mol. The molecule has 0 rings (SSSR count). The Balaban J connectivity index is -0.0000000267. The van der Waals surface area contributed by atoms with Crippen LogP contribution in [-0.4, -0.2) is 14.7 Å². The SMILES string of the molecule is O=P(O)(O)O.[SH-].[SH-].[Zn+2]. The molecule has 48 valence electrons. The first kappa shape index (κ1) is 22.7. The molecule has 0 unspecified atom stereocenters. The third-order valence-corrected chi connectivity index (χ3v) is 0. The summed E-state index contributed by atoms with van der Waals surface area (Å²) in [5, 5.41) is 0. The molecule has 0 radical (unpaired) electrons. The van der Waals surface area contributed by atoms with Gasteiger partial charge in [0.15, 0.2) is 0 Å². The third kappa shape index (κ3) is 150. The zero-order valence-electron chi connectivity index (χ0n) is 3.80. The fourth-order valence-electron chi connectivity index (χ4n) is 0. The van der Waals surface area contributed by atoms with E-state index in [-0.39, 0.29) is 46.5 Å². The first-order chi connectivity index (χ1) is 2.00. The van der Waals surface area contributed by atoms with Gasteiger partial charge in [-0.3, -0.25) is 0 Å². The number of rotatable bonds is 0. The molecule has 0 bridgehead atoms. The summed E-state index contributed by atoms with van der Waals surface area (Å²) in [6.07, 6.45) is 0. The molecule has 0 aliphatic rings. The summed E-state index contributed by atoms with van der Waals surface area (Å²) in [5.41, 5.74) is 0. The van der Waals surface area contributed by atoms with Crippen molar-refractivity contribution < 1.29 is 38.7 Å². The predicted molar refractivity (Wildman–Crippen MR) is 31.8 cm³/mol. The van der Waals surface area contributed by atoms with Crippen LogP contribution in [0.15, 0.2) is 0 Å². The molecule has 0 aliphatic carbocycles. The van der Waals surface area contributed by atoms with Crippen LogP contribution in [0.2, 0.25) is 0 Å². The molecule has 0 aromatic carbocycles. The molecule has 0 atom stereocenters. The van der Waals surface area contributed by atoms with Gasteiger partial charge in [-0.15, -0.1) is 0 Å². The van der Waals surface area contributed by atoms with E-state index in [9.17, 15) is 0 Å². The summed E-state index contributed by atoms with van der Waals surface area (Å²) >= 11 is 0. The van der Waals surface area contributed by atoms with Crippen molar-refractivity contribution in [3.8, 4) is 0 Å². The van der Waals surface area contributed by atoms with Gasteiger partial charge in [0.25, 0.3) is 0 Å². The number of phosphoric acid groups is 1. The molecule has 0 spiro atoms. The van der Waals surface area contributed by atoms with Gasteiger partial charge in [-0.25, -0.2) is 4.57 Å². The van der Waals surface area contributed by atoms with Crippen LogP contribution in [0.4, 0.5) is 0 Å². The summed E-state index contributed by atoms with van der Waals surface area (Å²) in [7, 11) is -4.64. The Labute approximate surface area is 73.6 Å². The van der Waals surface area contributed by atoms with Gasteiger partial charge in [-0.05, 0) is 0 Å². The first-order valence-electron chi connectivity index (χ1n) is 0.783. The standard InChI is InChI=1S/H3O4P.2H2S.Zn/c1-5(2,3)4;;;/h(H3,1,2,3,4);2*1H2;/q;;;+2/p-2. The van der Waals surface area contributed by atoms with Crippen molar-refractivity contribution >= 4 is 34.8 Å². The number of thiol groups is 2. The molecule has 0 saturated carbocycles. The van der Waals surface area contributed by atoms with Crippen molar-refractivity contribution in [3.05, 3.63) is 0 Å². The molecule has 4 nitrogen and oxygen atoms in total. The largest absolute Gasteiger partial charge is 2.00 e. The molecule has 3 N–H and O–H groups in total. The zero-order chi connectivity index (χ0) is 4.50. The maximum absolute atomic E-state index is 8.88. The quantitative estimate of drug-likeness (QED) is 0.204. The molecule has 8 heavy (non-hydrogen) atoms. The molecule has 0 amide bonds. The van der Waals surface area contributed by atoms with Gasteiger partial charge in [0, 0.05) is 0 Å². The molecule has 0 aromatic heterocycles. The van der Waals surface area contributed by atoms with E-state index in [1.165, 1.54) is 0 Å². The van der Waals surface area contributed by atoms with Crippen LogP contribution in [0.1, 0.15) is 0 Å². The molecule has 8 heteroatoms. The van der Waals surface area contributed by atoms with Gasteiger partial charge in [-0.2, -0.15) is 0 Å². The van der Waals surface area contributed by atoms with E-state index in [0.717, 1.165) is 0 Å². The molecule has 0 saturated heterocycles. The van der Waals surface area contributed by atoms with Crippen LogP contribution in [0.3, 0.4) is 0 Å². The van der Waals surface area contributed by atoms with Gasteiger partial charge in [-0.1, -0.05) is 0 Å². The molecule has 0 heterocycles. The zero-order valence-corrected chi connectivity index (χ0v) is 9.45. The Hall–Kier alpha value is 1.43. The van der Waals surface area contributed by atoms with E-state index in [0.29, 0.717) is 0 Å². The summed E-state index contributed by atoms with van der Waals surface area (Å²) in [6, 6.07) is 0.